The Balaban J connectivity index is 1.60. The Morgan fingerprint density at radius 2 is 1.71 bits per heavy atom. The molecule has 1 aliphatic carbocycles. The summed E-state index contributed by atoms with van der Waals surface area (Å²) >= 11 is 0. The topological polar surface area (TPSA) is 67.9 Å². The molecule has 0 aliphatic heterocycles. The molecule has 0 bridgehead atoms. The van der Waals surface area contributed by atoms with Crippen molar-refractivity contribution in [3.05, 3.63) is 59.7 Å². The maximum absolute atomic E-state index is 12.7. The van der Waals surface area contributed by atoms with Gasteiger partial charge in [0.1, 0.15) is 11.5 Å². The number of carbonyl (C=O) groups is 2. The van der Waals surface area contributed by atoms with Crippen LogP contribution in [0.15, 0.2) is 48.5 Å². The highest BCUT2D eigenvalue weighted by Gasteiger charge is 2.22. The summed E-state index contributed by atoms with van der Waals surface area (Å²) in [6, 6.07) is 12.7. The number of amides is 2. The van der Waals surface area contributed by atoms with E-state index in [0.29, 0.717) is 28.8 Å². The van der Waals surface area contributed by atoms with Crippen LogP contribution in [0.3, 0.4) is 0 Å². The number of nitrogens with one attached hydrogen (secondary N) is 1. The van der Waals surface area contributed by atoms with Gasteiger partial charge in [0.2, 0.25) is 5.91 Å². The molecule has 1 fully saturated rings. The fraction of sp³-hybridized carbons (Fsp3) is 0.360. The van der Waals surface area contributed by atoms with Crippen LogP contribution in [0.4, 0.5) is 5.69 Å². The van der Waals surface area contributed by atoms with Gasteiger partial charge in [-0.3, -0.25) is 9.59 Å². The van der Waals surface area contributed by atoms with Gasteiger partial charge in [0.25, 0.3) is 5.91 Å². The van der Waals surface area contributed by atoms with Crippen LogP contribution in [-0.4, -0.2) is 44.0 Å². The lowest BCUT2D eigenvalue weighted by Gasteiger charge is -2.31. The zero-order valence-corrected chi connectivity index (χ0v) is 18.4. The second-order valence-electron chi connectivity index (χ2n) is 7.72. The molecule has 0 radical (unpaired) electrons. The van der Waals surface area contributed by atoms with E-state index in [1.165, 1.54) is 25.3 Å². The van der Waals surface area contributed by atoms with Gasteiger partial charge in [-0.15, -0.1) is 0 Å². The zero-order valence-electron chi connectivity index (χ0n) is 18.4. The van der Waals surface area contributed by atoms with Gasteiger partial charge in [0, 0.05) is 42.0 Å². The molecule has 0 saturated heterocycles. The summed E-state index contributed by atoms with van der Waals surface area (Å²) in [5.74, 6) is 1.06. The van der Waals surface area contributed by atoms with E-state index in [1.807, 2.05) is 18.0 Å². The largest absolute Gasteiger partial charge is 0.497 e. The molecule has 164 valence electrons. The molecule has 2 aromatic carbocycles. The number of anilines is 1. The summed E-state index contributed by atoms with van der Waals surface area (Å²) in [6.07, 6.45) is 8.90. The third-order valence-corrected chi connectivity index (χ3v) is 5.70. The number of nitrogens with zero attached hydrogens (tertiary/aromatic N) is 1. The van der Waals surface area contributed by atoms with Gasteiger partial charge < -0.3 is 19.7 Å². The molecule has 0 atom stereocenters. The zero-order chi connectivity index (χ0) is 22.2. The fourth-order valence-corrected chi connectivity index (χ4v) is 3.84. The summed E-state index contributed by atoms with van der Waals surface area (Å²) in [5.41, 5.74) is 2.03. The molecular formula is C25H30N2O4. The van der Waals surface area contributed by atoms with Crippen LogP contribution in [0.2, 0.25) is 0 Å². The summed E-state index contributed by atoms with van der Waals surface area (Å²) in [5, 5.41) is 2.81. The Labute approximate surface area is 183 Å². The predicted molar refractivity (Wildman–Crippen MR) is 123 cm³/mol. The summed E-state index contributed by atoms with van der Waals surface area (Å²) < 4.78 is 10.5. The molecule has 0 unspecified atom stereocenters. The van der Waals surface area contributed by atoms with Crippen LogP contribution >= 0.6 is 0 Å². The van der Waals surface area contributed by atoms with Crippen LogP contribution in [-0.2, 0) is 4.79 Å². The number of benzene rings is 2. The highest BCUT2D eigenvalue weighted by Crippen LogP contribution is 2.26. The SMILES string of the molecule is COc1ccc(/C=C/C(=O)Nc2ccc(C(=O)N(C)C3CCCCC3)cc2)c(OC)c1. The first-order valence-electron chi connectivity index (χ1n) is 10.6. The molecule has 1 aliphatic rings. The van der Waals surface area contributed by atoms with Crippen molar-refractivity contribution in [3.8, 4) is 11.5 Å². The van der Waals surface area contributed by atoms with E-state index in [0.717, 1.165) is 18.4 Å². The van der Waals surface area contributed by atoms with E-state index in [2.05, 4.69) is 5.32 Å². The van der Waals surface area contributed by atoms with Gasteiger partial charge in [-0.1, -0.05) is 19.3 Å². The van der Waals surface area contributed by atoms with E-state index in [9.17, 15) is 9.59 Å². The predicted octanol–water partition coefficient (Wildman–Crippen LogP) is 4.76. The van der Waals surface area contributed by atoms with Crippen LogP contribution in [0.25, 0.3) is 6.08 Å². The van der Waals surface area contributed by atoms with E-state index >= 15 is 0 Å². The molecule has 1 saturated carbocycles. The van der Waals surface area contributed by atoms with Gasteiger partial charge >= 0.3 is 0 Å². The van der Waals surface area contributed by atoms with E-state index in [1.54, 1.807) is 56.7 Å². The third-order valence-electron chi connectivity index (χ3n) is 5.70. The highest BCUT2D eigenvalue weighted by molar-refractivity contribution is 6.02. The minimum Gasteiger partial charge on any atom is -0.497 e. The monoisotopic (exact) mass is 422 g/mol. The average Bonchev–Trinajstić information content (AvgIpc) is 2.82. The number of ether oxygens (including phenoxy) is 2. The van der Waals surface area contributed by atoms with Crippen molar-refractivity contribution in [2.45, 2.75) is 38.1 Å². The number of hydrogen-bond acceptors (Lipinski definition) is 4. The lowest BCUT2D eigenvalue weighted by Crippen LogP contribution is -2.38. The van der Waals surface area contributed by atoms with Gasteiger partial charge in [0.05, 0.1) is 14.2 Å². The maximum atomic E-state index is 12.7. The molecule has 2 amide bonds. The standard InChI is InChI=1S/C25H30N2O4/c1-27(21-7-5-4-6-8-21)25(29)19-9-13-20(14-10-19)26-24(28)16-12-18-11-15-22(30-2)17-23(18)31-3/h9-17,21H,4-8H2,1-3H3,(H,26,28)/b16-12+. The van der Waals surface area contributed by atoms with Crippen molar-refractivity contribution < 1.29 is 19.1 Å². The van der Waals surface area contributed by atoms with Gasteiger partial charge in [-0.05, 0) is 55.3 Å². The second kappa shape index (κ2) is 10.7. The lowest BCUT2D eigenvalue weighted by atomic mass is 9.94. The van der Waals surface area contributed by atoms with E-state index in [-0.39, 0.29) is 11.8 Å². The van der Waals surface area contributed by atoms with Crippen molar-refractivity contribution in [1.82, 2.24) is 4.90 Å². The fourth-order valence-electron chi connectivity index (χ4n) is 3.84. The number of carbonyl (C=O) groups excluding carboxylic acids is 2. The molecule has 3 rings (SSSR count). The summed E-state index contributed by atoms with van der Waals surface area (Å²) in [7, 11) is 5.04. The van der Waals surface area contributed by atoms with Crippen molar-refractivity contribution in [2.75, 3.05) is 26.6 Å². The average molecular weight is 423 g/mol. The van der Waals surface area contributed by atoms with Crippen LogP contribution in [0.1, 0.15) is 48.0 Å². The Bertz CT molecular complexity index is 931. The Hall–Kier alpha value is -3.28. The van der Waals surface area contributed by atoms with Crippen molar-refractivity contribution >= 4 is 23.6 Å². The molecule has 6 nitrogen and oxygen atoms in total. The number of hydrogen-bond donors (Lipinski definition) is 1. The highest BCUT2D eigenvalue weighted by atomic mass is 16.5. The van der Waals surface area contributed by atoms with Gasteiger partial charge in [0.15, 0.2) is 0 Å². The van der Waals surface area contributed by atoms with Crippen LogP contribution in [0, 0.1) is 0 Å². The number of methoxy groups -OCH3 is 2. The smallest absolute Gasteiger partial charge is 0.253 e. The molecular weight excluding hydrogens is 392 g/mol. The van der Waals surface area contributed by atoms with Crippen LogP contribution < -0.4 is 14.8 Å². The van der Waals surface area contributed by atoms with E-state index in [4.69, 9.17) is 9.47 Å². The Morgan fingerprint density at radius 1 is 1.00 bits per heavy atom. The first-order chi connectivity index (χ1) is 15.0. The molecule has 0 heterocycles. The van der Waals surface area contributed by atoms with Crippen molar-refractivity contribution in [2.24, 2.45) is 0 Å². The summed E-state index contributed by atoms with van der Waals surface area (Å²) in [4.78, 5) is 26.9. The Kier molecular flexibility index (Phi) is 7.70. The Morgan fingerprint density at radius 3 is 2.35 bits per heavy atom. The molecule has 1 N–H and O–H groups in total. The first kappa shape index (κ1) is 22.4. The minimum atomic E-state index is -0.267. The minimum absolute atomic E-state index is 0.0243. The van der Waals surface area contributed by atoms with E-state index < -0.39 is 0 Å². The normalized spacial score (nSPS) is 14.3. The second-order valence-corrected chi connectivity index (χ2v) is 7.72. The number of rotatable bonds is 7. The molecule has 6 heteroatoms. The quantitative estimate of drug-likeness (QED) is 0.653. The maximum Gasteiger partial charge on any atom is 0.253 e. The van der Waals surface area contributed by atoms with Crippen molar-refractivity contribution in [1.29, 1.82) is 0 Å². The molecule has 31 heavy (non-hydrogen) atoms. The molecule has 0 spiro atoms. The molecule has 2 aromatic rings. The van der Waals surface area contributed by atoms with Gasteiger partial charge in [-0.25, -0.2) is 0 Å². The third kappa shape index (κ3) is 5.87. The first-order valence-corrected chi connectivity index (χ1v) is 10.6. The molecule has 0 aromatic heterocycles. The summed E-state index contributed by atoms with van der Waals surface area (Å²) in [6.45, 7) is 0. The van der Waals surface area contributed by atoms with Gasteiger partial charge in [-0.2, -0.15) is 0 Å². The van der Waals surface area contributed by atoms with Crippen molar-refractivity contribution in [3.63, 3.8) is 0 Å². The van der Waals surface area contributed by atoms with Crippen LogP contribution in [0.5, 0.6) is 11.5 Å². The lowest BCUT2D eigenvalue weighted by molar-refractivity contribution is -0.111.